The molecule has 3 rings (SSSR count). The molecule has 1 saturated heterocycles. The summed E-state index contributed by atoms with van der Waals surface area (Å²) in [6, 6.07) is 8.34. The zero-order valence-corrected chi connectivity index (χ0v) is 14.5. The summed E-state index contributed by atoms with van der Waals surface area (Å²) in [5.41, 5.74) is 2.42. The van der Waals surface area contributed by atoms with Crippen LogP contribution in [0.25, 0.3) is 0 Å². The molecule has 0 aliphatic carbocycles. The summed E-state index contributed by atoms with van der Waals surface area (Å²) in [5.74, 6) is 0.416. The van der Waals surface area contributed by atoms with E-state index in [0.29, 0.717) is 19.0 Å². The normalized spacial score (nSPS) is 22.4. The fraction of sp³-hybridized carbons (Fsp3) is 0.600. The van der Waals surface area contributed by atoms with Gasteiger partial charge in [0.2, 0.25) is 10.0 Å². The predicted octanol–water partition coefficient (Wildman–Crippen LogP) is 2.01. The highest BCUT2D eigenvalue weighted by atomic mass is 35.5. The van der Waals surface area contributed by atoms with Crippen LogP contribution in [-0.4, -0.2) is 51.7 Å². The van der Waals surface area contributed by atoms with Crippen molar-refractivity contribution in [2.24, 2.45) is 5.92 Å². The minimum Gasteiger partial charge on any atom is -0.382 e. The van der Waals surface area contributed by atoms with Crippen LogP contribution >= 0.6 is 12.4 Å². The van der Waals surface area contributed by atoms with Crippen molar-refractivity contribution in [2.75, 3.05) is 49.2 Å². The van der Waals surface area contributed by atoms with Crippen molar-refractivity contribution in [1.82, 2.24) is 4.31 Å². The van der Waals surface area contributed by atoms with Crippen molar-refractivity contribution in [3.63, 3.8) is 0 Å². The van der Waals surface area contributed by atoms with Crippen molar-refractivity contribution in [1.29, 1.82) is 0 Å². The lowest BCUT2D eigenvalue weighted by Crippen LogP contribution is -2.45. The maximum absolute atomic E-state index is 11.7. The topological polar surface area (TPSA) is 52.7 Å². The number of halogens is 1. The van der Waals surface area contributed by atoms with E-state index in [0.717, 1.165) is 32.5 Å². The van der Waals surface area contributed by atoms with Crippen LogP contribution < -0.4 is 10.2 Å². The van der Waals surface area contributed by atoms with Crippen molar-refractivity contribution in [3.8, 4) is 0 Å². The van der Waals surface area contributed by atoms with Gasteiger partial charge in [-0.25, -0.2) is 12.7 Å². The summed E-state index contributed by atoms with van der Waals surface area (Å²) < 4.78 is 25.1. The zero-order chi connectivity index (χ0) is 14.9. The maximum Gasteiger partial charge on any atom is 0.211 e. The molecule has 2 aliphatic rings. The fourth-order valence-corrected chi connectivity index (χ4v) is 4.27. The quantitative estimate of drug-likeness (QED) is 0.910. The van der Waals surface area contributed by atoms with E-state index in [1.807, 2.05) is 6.07 Å². The zero-order valence-electron chi connectivity index (χ0n) is 12.9. The molecular weight excluding hydrogens is 322 g/mol. The van der Waals surface area contributed by atoms with Crippen molar-refractivity contribution >= 4 is 33.8 Å². The van der Waals surface area contributed by atoms with Gasteiger partial charge in [0.05, 0.1) is 17.6 Å². The fourth-order valence-electron chi connectivity index (χ4n) is 3.32. The van der Waals surface area contributed by atoms with Gasteiger partial charge in [-0.05, 0) is 30.9 Å². The van der Waals surface area contributed by atoms with E-state index in [1.54, 1.807) is 4.31 Å². The van der Waals surface area contributed by atoms with Gasteiger partial charge in [-0.2, -0.15) is 0 Å². The van der Waals surface area contributed by atoms with Crippen LogP contribution in [0.5, 0.6) is 0 Å². The molecule has 0 spiro atoms. The second kappa shape index (κ2) is 7.06. The van der Waals surface area contributed by atoms with Crippen LogP contribution in [0.15, 0.2) is 24.3 Å². The Morgan fingerprint density at radius 3 is 2.82 bits per heavy atom. The monoisotopic (exact) mass is 345 g/mol. The van der Waals surface area contributed by atoms with E-state index in [-0.39, 0.29) is 12.4 Å². The molecular formula is C15H24ClN3O2S. The molecule has 0 saturated carbocycles. The maximum atomic E-state index is 11.7. The minimum absolute atomic E-state index is 0. The molecule has 7 heteroatoms. The average molecular weight is 346 g/mol. The smallest absolute Gasteiger partial charge is 0.211 e. The van der Waals surface area contributed by atoms with E-state index in [1.165, 1.54) is 17.6 Å². The molecule has 0 aromatic heterocycles. The Hall–Kier alpha value is -0.980. The Morgan fingerprint density at radius 2 is 2.05 bits per heavy atom. The third-order valence-corrected chi connectivity index (χ3v) is 5.64. The summed E-state index contributed by atoms with van der Waals surface area (Å²) in [4.78, 5) is 2.39. The summed E-state index contributed by atoms with van der Waals surface area (Å²) in [6.45, 7) is 4.19. The third-order valence-electron chi connectivity index (χ3n) is 4.37. The second-order valence-corrected chi connectivity index (χ2v) is 8.00. The van der Waals surface area contributed by atoms with Gasteiger partial charge in [0.1, 0.15) is 0 Å². The first kappa shape index (κ1) is 17.4. The molecule has 0 bridgehead atoms. The lowest BCUT2D eigenvalue weighted by atomic mass is 9.98. The number of hydrogen-bond acceptors (Lipinski definition) is 4. The second-order valence-electron chi connectivity index (χ2n) is 6.02. The number of anilines is 2. The van der Waals surface area contributed by atoms with Gasteiger partial charge in [0.25, 0.3) is 0 Å². The number of hydrogen-bond donors (Lipinski definition) is 1. The van der Waals surface area contributed by atoms with Crippen LogP contribution in [-0.2, 0) is 10.0 Å². The van der Waals surface area contributed by atoms with E-state index in [9.17, 15) is 8.42 Å². The van der Waals surface area contributed by atoms with Gasteiger partial charge in [0, 0.05) is 32.7 Å². The highest BCUT2D eigenvalue weighted by molar-refractivity contribution is 7.88. The van der Waals surface area contributed by atoms with Gasteiger partial charge in [-0.15, -0.1) is 12.4 Å². The molecule has 1 aromatic carbocycles. The van der Waals surface area contributed by atoms with Crippen LogP contribution in [0.3, 0.4) is 0 Å². The number of rotatable bonds is 3. The lowest BCUT2D eigenvalue weighted by molar-refractivity contribution is 0.269. The highest BCUT2D eigenvalue weighted by Crippen LogP contribution is 2.30. The van der Waals surface area contributed by atoms with Crippen LogP contribution in [0.1, 0.15) is 12.8 Å². The predicted molar refractivity (Wildman–Crippen MR) is 93.5 cm³/mol. The van der Waals surface area contributed by atoms with Crippen LogP contribution in [0, 0.1) is 5.92 Å². The summed E-state index contributed by atoms with van der Waals surface area (Å²) in [5, 5.41) is 3.41. The van der Waals surface area contributed by atoms with Crippen LogP contribution in [0.2, 0.25) is 0 Å². The first-order valence-corrected chi connectivity index (χ1v) is 9.42. The molecule has 5 nitrogen and oxygen atoms in total. The molecule has 2 heterocycles. The van der Waals surface area contributed by atoms with E-state index in [4.69, 9.17) is 0 Å². The van der Waals surface area contributed by atoms with Gasteiger partial charge >= 0.3 is 0 Å². The highest BCUT2D eigenvalue weighted by Gasteiger charge is 2.28. The molecule has 124 valence electrons. The lowest BCUT2D eigenvalue weighted by Gasteiger charge is -2.38. The number of nitrogens with one attached hydrogen (secondary N) is 1. The number of fused-ring (bicyclic) bond motifs is 1. The number of nitrogens with zero attached hydrogens (tertiary/aromatic N) is 2. The Morgan fingerprint density at radius 1 is 1.27 bits per heavy atom. The molecule has 22 heavy (non-hydrogen) atoms. The first-order valence-electron chi connectivity index (χ1n) is 7.57. The number of para-hydroxylation sites is 2. The average Bonchev–Trinajstić information content (AvgIpc) is 2.47. The van der Waals surface area contributed by atoms with Gasteiger partial charge in [-0.3, -0.25) is 0 Å². The van der Waals surface area contributed by atoms with Crippen molar-refractivity contribution < 1.29 is 8.42 Å². The summed E-state index contributed by atoms with van der Waals surface area (Å²) >= 11 is 0. The standard InChI is InChI=1S/C15H23N3O2S.ClH/c1-21(19,20)18-9-4-5-13(12-18)11-17-10-8-16-14-6-2-3-7-15(14)17;/h2-3,6-7,13,16H,4-5,8-12H2,1H3;1H. The van der Waals surface area contributed by atoms with Gasteiger partial charge in [-0.1, -0.05) is 12.1 Å². The molecule has 0 radical (unpaired) electrons. The number of sulfonamides is 1. The third kappa shape index (κ3) is 3.86. The molecule has 1 unspecified atom stereocenters. The summed E-state index contributed by atoms with van der Waals surface area (Å²) in [7, 11) is -3.06. The Labute approximate surface area is 139 Å². The minimum atomic E-state index is -3.06. The molecule has 1 fully saturated rings. The molecule has 0 amide bonds. The van der Waals surface area contributed by atoms with Crippen molar-refractivity contribution in [2.45, 2.75) is 12.8 Å². The van der Waals surface area contributed by atoms with E-state index < -0.39 is 10.0 Å². The van der Waals surface area contributed by atoms with Crippen LogP contribution in [0.4, 0.5) is 11.4 Å². The Kier molecular flexibility index (Phi) is 5.58. The number of benzene rings is 1. The van der Waals surface area contributed by atoms with E-state index >= 15 is 0 Å². The SMILES string of the molecule is CS(=O)(=O)N1CCCC(CN2CCNc3ccccc32)C1.Cl. The Bertz CT molecular complexity index is 609. The molecule has 1 atom stereocenters. The van der Waals surface area contributed by atoms with E-state index in [2.05, 4.69) is 28.4 Å². The summed E-state index contributed by atoms with van der Waals surface area (Å²) in [6.07, 6.45) is 3.39. The van der Waals surface area contributed by atoms with Gasteiger partial charge in [0.15, 0.2) is 0 Å². The van der Waals surface area contributed by atoms with Gasteiger partial charge < -0.3 is 10.2 Å². The molecule has 1 N–H and O–H groups in total. The largest absolute Gasteiger partial charge is 0.382 e. The number of piperidine rings is 1. The molecule has 2 aliphatic heterocycles. The van der Waals surface area contributed by atoms with Crippen molar-refractivity contribution in [3.05, 3.63) is 24.3 Å². The molecule has 1 aromatic rings. The first-order chi connectivity index (χ1) is 10.0. The Balaban J connectivity index is 0.00000176.